The number of aromatic nitrogens is 5. The number of nitrogens with zero attached hydrogens (tertiary/aromatic N) is 5. The molecule has 0 bridgehead atoms. The third kappa shape index (κ3) is 6.11. The zero-order valence-corrected chi connectivity index (χ0v) is 37.4. The average Bonchev–Trinajstić information content (AvgIpc) is 4.07. The molecule has 0 aliphatic carbocycles. The quantitative estimate of drug-likeness (QED) is 0.160. The van der Waals surface area contributed by atoms with Gasteiger partial charge in [0.05, 0.1) is 55.9 Å². The summed E-state index contributed by atoms with van der Waals surface area (Å²) in [6.07, 6.45) is 0. The molecule has 4 aromatic heterocycles. The van der Waals surface area contributed by atoms with E-state index in [9.17, 15) is 0 Å². The monoisotopic (exact) mass is 879 g/mol. The highest BCUT2D eigenvalue weighted by molar-refractivity contribution is 6.26. The standard InChI is InChI=1S/C64H41N5/c1-4-20-42(21-5-1)53-41-54(66-64(65-53)43-22-6-2-7-23-43)44-36-37-50(48-28-12-18-34-58(48)68-56-32-16-10-26-46(56)47-27-11-17-33-57(47)68)61(40-44)69-59-35-19-14-30-52(59)62-60(69)39-38-51-49-29-13-15-31-55(49)67(63(51)62)45-24-8-3-9-25-45/h1-41H. The van der Waals surface area contributed by atoms with Crippen molar-refractivity contribution in [2.24, 2.45) is 0 Å². The number of hydrogen-bond acceptors (Lipinski definition) is 2. The zero-order valence-electron chi connectivity index (χ0n) is 37.4. The lowest BCUT2D eigenvalue weighted by Gasteiger charge is -2.20. The number of rotatable bonds is 7. The minimum absolute atomic E-state index is 0.683. The van der Waals surface area contributed by atoms with Crippen LogP contribution in [0.5, 0.6) is 0 Å². The third-order valence-electron chi connectivity index (χ3n) is 13.9. The van der Waals surface area contributed by atoms with Crippen LogP contribution in [-0.4, -0.2) is 23.7 Å². The number of fused-ring (bicyclic) bond motifs is 10. The van der Waals surface area contributed by atoms with Crippen LogP contribution in [-0.2, 0) is 0 Å². The number of benzene rings is 10. The molecular formula is C64H41N5. The summed E-state index contributed by atoms with van der Waals surface area (Å²) in [5.41, 5.74) is 17.2. The molecule has 0 spiro atoms. The molecule has 0 fully saturated rings. The molecule has 0 unspecified atom stereocenters. The van der Waals surface area contributed by atoms with Gasteiger partial charge in [0.1, 0.15) is 0 Å². The van der Waals surface area contributed by atoms with Gasteiger partial charge in [-0.15, -0.1) is 0 Å². The molecule has 0 saturated carbocycles. The molecule has 0 aliphatic heterocycles. The zero-order chi connectivity index (χ0) is 45.4. The minimum Gasteiger partial charge on any atom is -0.309 e. The second-order valence-electron chi connectivity index (χ2n) is 17.7. The van der Waals surface area contributed by atoms with Crippen molar-refractivity contribution in [2.75, 3.05) is 0 Å². The molecule has 14 rings (SSSR count). The van der Waals surface area contributed by atoms with Gasteiger partial charge in [-0.2, -0.15) is 0 Å². The molecule has 0 saturated heterocycles. The second-order valence-corrected chi connectivity index (χ2v) is 17.7. The van der Waals surface area contributed by atoms with Gasteiger partial charge >= 0.3 is 0 Å². The van der Waals surface area contributed by atoms with E-state index in [1.807, 2.05) is 24.3 Å². The van der Waals surface area contributed by atoms with E-state index >= 15 is 0 Å². The van der Waals surface area contributed by atoms with Crippen LogP contribution in [0, 0.1) is 0 Å². The van der Waals surface area contributed by atoms with Gasteiger partial charge in [-0.05, 0) is 60.7 Å². The van der Waals surface area contributed by atoms with Crippen LogP contribution in [0.25, 0.3) is 128 Å². The van der Waals surface area contributed by atoms with Gasteiger partial charge in [-0.3, -0.25) is 0 Å². The van der Waals surface area contributed by atoms with Crippen molar-refractivity contribution >= 4 is 65.4 Å². The van der Waals surface area contributed by atoms with Crippen LogP contribution in [0.15, 0.2) is 249 Å². The molecule has 4 heterocycles. The lowest BCUT2D eigenvalue weighted by atomic mass is 9.97. The van der Waals surface area contributed by atoms with Gasteiger partial charge in [-0.25, -0.2) is 9.97 Å². The summed E-state index contributed by atoms with van der Waals surface area (Å²) in [4.78, 5) is 10.5. The Hall–Kier alpha value is -9.32. The van der Waals surface area contributed by atoms with Crippen LogP contribution >= 0.6 is 0 Å². The van der Waals surface area contributed by atoms with Gasteiger partial charge in [0.15, 0.2) is 5.82 Å². The normalized spacial score (nSPS) is 11.8. The summed E-state index contributed by atoms with van der Waals surface area (Å²) in [6.45, 7) is 0. The molecule has 0 amide bonds. The first-order valence-electron chi connectivity index (χ1n) is 23.5. The fraction of sp³-hybridized carbons (Fsp3) is 0. The Morgan fingerprint density at radius 3 is 1.42 bits per heavy atom. The van der Waals surface area contributed by atoms with Gasteiger partial charge < -0.3 is 13.7 Å². The van der Waals surface area contributed by atoms with Crippen molar-refractivity contribution < 1.29 is 0 Å². The summed E-state index contributed by atoms with van der Waals surface area (Å²) in [5.74, 6) is 0.683. The fourth-order valence-corrected chi connectivity index (χ4v) is 10.9. The van der Waals surface area contributed by atoms with Crippen LogP contribution in [0.3, 0.4) is 0 Å². The van der Waals surface area contributed by atoms with Gasteiger partial charge in [-0.1, -0.05) is 188 Å². The summed E-state index contributed by atoms with van der Waals surface area (Å²) >= 11 is 0. The Kier molecular flexibility index (Phi) is 8.83. The Morgan fingerprint density at radius 1 is 0.275 bits per heavy atom. The Balaban J connectivity index is 1.11. The highest BCUT2D eigenvalue weighted by atomic mass is 15.0. The average molecular weight is 880 g/mol. The van der Waals surface area contributed by atoms with E-state index in [1.54, 1.807) is 0 Å². The maximum absolute atomic E-state index is 5.36. The molecule has 5 heteroatoms. The van der Waals surface area contributed by atoms with Crippen molar-refractivity contribution in [3.8, 4) is 62.1 Å². The molecule has 0 atom stereocenters. The predicted octanol–water partition coefficient (Wildman–Crippen LogP) is 16.4. The molecule has 322 valence electrons. The first kappa shape index (κ1) is 38.9. The third-order valence-corrected chi connectivity index (χ3v) is 13.9. The van der Waals surface area contributed by atoms with E-state index < -0.39 is 0 Å². The highest BCUT2D eigenvalue weighted by Gasteiger charge is 2.24. The molecule has 5 nitrogen and oxygen atoms in total. The fourth-order valence-electron chi connectivity index (χ4n) is 10.9. The minimum atomic E-state index is 0.683. The smallest absolute Gasteiger partial charge is 0.160 e. The maximum atomic E-state index is 5.36. The molecule has 0 radical (unpaired) electrons. The molecule has 0 aliphatic rings. The van der Waals surface area contributed by atoms with Gasteiger partial charge in [0.25, 0.3) is 0 Å². The van der Waals surface area contributed by atoms with Crippen molar-refractivity contribution in [1.82, 2.24) is 23.7 Å². The largest absolute Gasteiger partial charge is 0.309 e. The summed E-state index contributed by atoms with van der Waals surface area (Å²) < 4.78 is 7.39. The molecule has 10 aromatic carbocycles. The van der Waals surface area contributed by atoms with Gasteiger partial charge in [0, 0.05) is 65.8 Å². The SMILES string of the molecule is c1ccc(-c2cc(-c3ccc(-c4ccccc4-n4c5ccccc5c5ccccc54)c(-n4c5ccccc5c5c4ccc4c6ccccc6n(-c6ccccc6)c45)c3)nc(-c3ccccc3)n2)cc1. The van der Waals surface area contributed by atoms with Crippen molar-refractivity contribution in [2.45, 2.75) is 0 Å². The predicted molar refractivity (Wildman–Crippen MR) is 287 cm³/mol. The second kappa shape index (κ2) is 15.7. The van der Waals surface area contributed by atoms with Crippen molar-refractivity contribution in [1.29, 1.82) is 0 Å². The number of para-hydroxylation sites is 6. The van der Waals surface area contributed by atoms with E-state index in [0.717, 1.165) is 67.3 Å². The summed E-state index contributed by atoms with van der Waals surface area (Å²) in [5, 5.41) is 7.29. The van der Waals surface area contributed by atoms with Crippen LogP contribution < -0.4 is 0 Å². The Labute approximate surface area is 398 Å². The lowest BCUT2D eigenvalue weighted by molar-refractivity contribution is 1.15. The first-order chi connectivity index (χ1) is 34.3. The van der Waals surface area contributed by atoms with E-state index in [1.165, 1.54) is 54.4 Å². The van der Waals surface area contributed by atoms with E-state index in [4.69, 9.17) is 9.97 Å². The summed E-state index contributed by atoms with van der Waals surface area (Å²) in [6, 6.07) is 89.3. The number of hydrogen-bond donors (Lipinski definition) is 0. The van der Waals surface area contributed by atoms with Crippen LogP contribution in [0.1, 0.15) is 0 Å². The van der Waals surface area contributed by atoms with Crippen molar-refractivity contribution in [3.05, 3.63) is 249 Å². The lowest BCUT2D eigenvalue weighted by Crippen LogP contribution is -2.02. The molecule has 0 N–H and O–H groups in total. The molecule has 69 heavy (non-hydrogen) atoms. The topological polar surface area (TPSA) is 40.6 Å². The maximum Gasteiger partial charge on any atom is 0.160 e. The van der Waals surface area contributed by atoms with Gasteiger partial charge in [0.2, 0.25) is 0 Å². The van der Waals surface area contributed by atoms with Crippen LogP contribution in [0.4, 0.5) is 0 Å². The van der Waals surface area contributed by atoms with E-state index in [2.05, 4.69) is 238 Å². The highest BCUT2D eigenvalue weighted by Crippen LogP contribution is 2.45. The Bertz CT molecular complexity index is 4180. The summed E-state index contributed by atoms with van der Waals surface area (Å²) in [7, 11) is 0. The first-order valence-corrected chi connectivity index (χ1v) is 23.5. The van der Waals surface area contributed by atoms with E-state index in [-0.39, 0.29) is 0 Å². The Morgan fingerprint density at radius 2 is 0.754 bits per heavy atom. The van der Waals surface area contributed by atoms with E-state index in [0.29, 0.717) is 5.82 Å². The van der Waals surface area contributed by atoms with Crippen LogP contribution in [0.2, 0.25) is 0 Å². The van der Waals surface area contributed by atoms with Crippen molar-refractivity contribution in [3.63, 3.8) is 0 Å². The molecule has 14 aromatic rings. The molecular weight excluding hydrogens is 839 g/mol.